The summed E-state index contributed by atoms with van der Waals surface area (Å²) in [6, 6.07) is 8.80. The zero-order chi connectivity index (χ0) is 24.8. The molecule has 188 valence electrons. The highest BCUT2D eigenvalue weighted by molar-refractivity contribution is 14.1. The smallest absolute Gasteiger partial charge is 0.337 e. The largest absolute Gasteiger partial charge is 0.429 e. The lowest BCUT2D eigenvalue weighted by Gasteiger charge is -2.28. The first kappa shape index (κ1) is 28.5. The lowest BCUT2D eigenvalue weighted by Crippen LogP contribution is -2.46. The van der Waals surface area contributed by atoms with Crippen molar-refractivity contribution in [1.82, 2.24) is 9.88 Å². The van der Waals surface area contributed by atoms with Gasteiger partial charge in [-0.25, -0.2) is 8.78 Å². The van der Waals surface area contributed by atoms with Crippen molar-refractivity contribution >= 4 is 45.0 Å². The van der Waals surface area contributed by atoms with Gasteiger partial charge in [0, 0.05) is 28.8 Å². The average molecular weight is 620 g/mol. The number of nitrogens with zero attached hydrogens (tertiary/aromatic N) is 3. The van der Waals surface area contributed by atoms with E-state index in [0.29, 0.717) is 0 Å². The Bertz CT molecular complexity index is 1290. The van der Waals surface area contributed by atoms with Crippen LogP contribution in [0.2, 0.25) is 0 Å². The standard InChI is InChI=1S/C21H19F2IN4O5S.CH4/c22-14-4-13(5-15(23)8-14)7-17(25)19(29)10-28(9-12-2-1-3-16(24)6-12)20(30)18-11-33-21(26-18)27-34(31)32;/h1-6,8,11,17,19,29H,7,9-10,25H2;1H4/t17-,19+;/m0./s1. The Morgan fingerprint density at radius 2 is 1.89 bits per heavy atom. The minimum Gasteiger partial charge on any atom is -0.429 e. The average Bonchev–Trinajstić information content (AvgIpc) is 3.19. The second kappa shape index (κ2) is 12.8. The highest BCUT2D eigenvalue weighted by Gasteiger charge is 2.26. The van der Waals surface area contributed by atoms with E-state index in [1.165, 1.54) is 4.90 Å². The van der Waals surface area contributed by atoms with Crippen LogP contribution in [0, 0.1) is 15.2 Å². The van der Waals surface area contributed by atoms with Crippen LogP contribution in [0.15, 0.2) is 57.5 Å². The van der Waals surface area contributed by atoms with Crippen LogP contribution in [0.25, 0.3) is 0 Å². The highest BCUT2D eigenvalue weighted by Crippen LogP contribution is 2.18. The van der Waals surface area contributed by atoms with Gasteiger partial charge in [-0.15, -0.1) is 0 Å². The number of halogens is 3. The third-order valence-electron chi connectivity index (χ3n) is 4.71. The van der Waals surface area contributed by atoms with Gasteiger partial charge in [-0.3, -0.25) is 4.79 Å². The minimum atomic E-state index is -2.82. The molecule has 0 radical (unpaired) electrons. The van der Waals surface area contributed by atoms with Crippen molar-refractivity contribution in [2.24, 2.45) is 10.1 Å². The quantitative estimate of drug-likeness (QED) is 0.350. The van der Waals surface area contributed by atoms with E-state index in [1.807, 2.05) is 12.1 Å². The molecule has 3 rings (SSSR count). The molecule has 0 aliphatic carbocycles. The van der Waals surface area contributed by atoms with Gasteiger partial charge in [-0.2, -0.15) is 13.4 Å². The Hall–Kier alpha value is -2.75. The number of aromatic nitrogens is 1. The number of aliphatic hydroxyl groups excluding tert-OH is 1. The Kier molecular flexibility index (Phi) is 10.4. The molecule has 0 saturated heterocycles. The fourth-order valence-electron chi connectivity index (χ4n) is 3.20. The second-order valence-corrected chi connectivity index (χ2v) is 9.21. The van der Waals surface area contributed by atoms with Crippen molar-refractivity contribution in [1.29, 1.82) is 0 Å². The molecular formula is C22H23F2IN4O5S. The maximum atomic E-state index is 13.5. The first-order valence-corrected chi connectivity index (χ1v) is 11.9. The summed E-state index contributed by atoms with van der Waals surface area (Å²) in [6.07, 6.45) is -0.343. The van der Waals surface area contributed by atoms with Crippen LogP contribution in [0.3, 0.4) is 0 Å². The summed E-state index contributed by atoms with van der Waals surface area (Å²) < 4.78 is 57.3. The summed E-state index contributed by atoms with van der Waals surface area (Å²) >= 11 is 2.12. The molecule has 0 bridgehead atoms. The fourth-order valence-corrected chi connectivity index (χ4v) is 4.02. The molecule has 0 aliphatic rings. The number of hydrogen-bond acceptors (Lipinski definition) is 8. The van der Waals surface area contributed by atoms with Crippen LogP contribution in [0.1, 0.15) is 29.0 Å². The molecule has 13 heteroatoms. The second-order valence-electron chi connectivity index (χ2n) is 7.35. The first-order chi connectivity index (χ1) is 16.1. The molecule has 2 aromatic carbocycles. The van der Waals surface area contributed by atoms with E-state index in [-0.39, 0.29) is 38.2 Å². The van der Waals surface area contributed by atoms with Crippen LogP contribution < -0.4 is 5.73 Å². The summed E-state index contributed by atoms with van der Waals surface area (Å²) in [5.41, 5.74) is 6.85. The third kappa shape index (κ3) is 8.45. The van der Waals surface area contributed by atoms with Crippen molar-refractivity contribution < 1.29 is 31.5 Å². The molecule has 3 N–H and O–H groups in total. The van der Waals surface area contributed by atoms with E-state index >= 15 is 0 Å². The molecule has 0 unspecified atom stereocenters. The van der Waals surface area contributed by atoms with Crippen molar-refractivity contribution in [2.75, 3.05) is 6.54 Å². The van der Waals surface area contributed by atoms with E-state index in [1.54, 1.807) is 12.1 Å². The van der Waals surface area contributed by atoms with Crippen LogP contribution >= 0.6 is 22.6 Å². The van der Waals surface area contributed by atoms with Crippen LogP contribution in [-0.4, -0.2) is 48.0 Å². The van der Waals surface area contributed by atoms with E-state index in [0.717, 1.165) is 33.6 Å². The number of hydrogen-bond donors (Lipinski definition) is 2. The third-order valence-corrected chi connectivity index (χ3v) is 5.69. The van der Waals surface area contributed by atoms with Crippen LogP contribution in [0.4, 0.5) is 14.8 Å². The molecule has 1 aromatic heterocycles. The van der Waals surface area contributed by atoms with E-state index < -0.39 is 46.2 Å². The van der Waals surface area contributed by atoms with Crippen molar-refractivity contribution in [3.8, 4) is 0 Å². The Morgan fingerprint density at radius 1 is 1.20 bits per heavy atom. The van der Waals surface area contributed by atoms with Gasteiger partial charge in [0.2, 0.25) is 0 Å². The molecule has 0 spiro atoms. The van der Waals surface area contributed by atoms with Gasteiger partial charge in [0.1, 0.15) is 17.9 Å². The molecule has 9 nitrogen and oxygen atoms in total. The molecule has 0 aliphatic heterocycles. The Labute approximate surface area is 215 Å². The number of rotatable bonds is 9. The first-order valence-electron chi connectivity index (χ1n) is 9.79. The Balaban J connectivity index is 0.00000432. The van der Waals surface area contributed by atoms with Gasteiger partial charge in [0.15, 0.2) is 5.69 Å². The number of benzene rings is 2. The van der Waals surface area contributed by atoms with Crippen molar-refractivity contribution in [2.45, 2.75) is 32.5 Å². The maximum Gasteiger partial charge on any atom is 0.337 e. The summed E-state index contributed by atoms with van der Waals surface area (Å²) in [4.78, 5) is 18.1. The van der Waals surface area contributed by atoms with Gasteiger partial charge in [0.25, 0.3) is 5.91 Å². The lowest BCUT2D eigenvalue weighted by molar-refractivity contribution is 0.0549. The number of carbonyl (C=O) groups excluding carboxylic acids is 1. The normalized spacial score (nSPS) is 12.4. The number of carbonyl (C=O) groups is 1. The predicted octanol–water partition coefficient (Wildman–Crippen LogP) is 3.46. The van der Waals surface area contributed by atoms with Crippen molar-refractivity contribution in [3.05, 3.63) is 80.8 Å². The number of oxazole rings is 1. The topological polar surface area (TPSA) is 139 Å². The van der Waals surface area contributed by atoms with E-state index in [9.17, 15) is 27.1 Å². The molecule has 0 fully saturated rings. The van der Waals surface area contributed by atoms with Crippen LogP contribution in [-0.2, 0) is 23.5 Å². The zero-order valence-corrected chi connectivity index (χ0v) is 20.4. The van der Waals surface area contributed by atoms with Gasteiger partial charge in [-0.1, -0.05) is 23.9 Å². The van der Waals surface area contributed by atoms with Gasteiger partial charge < -0.3 is 20.2 Å². The molecular weight excluding hydrogens is 597 g/mol. The maximum absolute atomic E-state index is 13.5. The number of amides is 1. The highest BCUT2D eigenvalue weighted by atomic mass is 127. The van der Waals surface area contributed by atoms with Gasteiger partial charge in [0.05, 0.1) is 6.10 Å². The number of nitrogens with two attached hydrogens (primary N) is 1. The monoisotopic (exact) mass is 620 g/mol. The molecule has 2 atom stereocenters. The minimum absolute atomic E-state index is 0. The molecule has 1 heterocycles. The summed E-state index contributed by atoms with van der Waals surface area (Å²) in [6.45, 7) is -0.170. The molecule has 0 saturated carbocycles. The summed E-state index contributed by atoms with van der Waals surface area (Å²) in [5, 5.41) is 10.7. The molecule has 1 amide bonds. The van der Waals surface area contributed by atoms with Crippen LogP contribution in [0.5, 0.6) is 0 Å². The Morgan fingerprint density at radius 3 is 2.51 bits per heavy atom. The number of aliphatic hydroxyl groups is 1. The lowest BCUT2D eigenvalue weighted by atomic mass is 10.0. The van der Waals surface area contributed by atoms with Gasteiger partial charge in [-0.05, 0) is 64.4 Å². The zero-order valence-electron chi connectivity index (χ0n) is 17.4. The van der Waals surface area contributed by atoms with Gasteiger partial charge >= 0.3 is 16.5 Å². The fraction of sp³-hybridized carbons (Fsp3) is 0.273. The molecule has 35 heavy (non-hydrogen) atoms. The molecule has 3 aromatic rings. The predicted molar refractivity (Wildman–Crippen MR) is 132 cm³/mol. The van der Waals surface area contributed by atoms with E-state index in [4.69, 9.17) is 10.2 Å². The summed E-state index contributed by atoms with van der Waals surface area (Å²) in [5.74, 6) is -2.19. The summed E-state index contributed by atoms with van der Waals surface area (Å²) in [7, 11) is -2.82. The van der Waals surface area contributed by atoms with Crippen molar-refractivity contribution in [3.63, 3.8) is 0 Å². The SMILES string of the molecule is C.N[C@@H](Cc1cc(F)cc(F)c1)[C@H](O)CN(Cc1cccc(I)c1)C(=O)c1coc(N=S(=O)=O)n1. The van der Waals surface area contributed by atoms with E-state index in [2.05, 4.69) is 31.9 Å².